The SMILES string of the molecule is O=C1CCCC2=C1C(c1ccc(O)cc1)CC(=O)N2c1ccc(Br)cc1. The lowest BCUT2D eigenvalue weighted by atomic mass is 9.77. The predicted octanol–water partition coefficient (Wildman–Crippen LogP) is 4.68. The third kappa shape index (κ3) is 2.97. The Hall–Kier alpha value is -2.40. The fourth-order valence-corrected chi connectivity index (χ4v) is 4.14. The Balaban J connectivity index is 1.84. The van der Waals surface area contributed by atoms with Gasteiger partial charge in [0, 0.05) is 40.2 Å². The lowest BCUT2D eigenvalue weighted by Gasteiger charge is -2.38. The summed E-state index contributed by atoms with van der Waals surface area (Å²) in [6.45, 7) is 0. The molecular formula is C21H18BrNO3. The highest BCUT2D eigenvalue weighted by Crippen LogP contribution is 2.43. The molecule has 1 amide bonds. The number of ketones is 1. The summed E-state index contributed by atoms with van der Waals surface area (Å²) in [6.07, 6.45) is 2.26. The second-order valence-corrected chi connectivity index (χ2v) is 7.61. The summed E-state index contributed by atoms with van der Waals surface area (Å²) in [5, 5.41) is 9.55. The quantitative estimate of drug-likeness (QED) is 0.779. The molecule has 0 radical (unpaired) electrons. The van der Waals surface area contributed by atoms with Crippen molar-refractivity contribution in [2.75, 3.05) is 4.90 Å². The first-order valence-corrected chi connectivity index (χ1v) is 9.47. The smallest absolute Gasteiger partial charge is 0.232 e. The number of benzene rings is 2. The van der Waals surface area contributed by atoms with Crippen LogP contribution in [0.25, 0.3) is 0 Å². The van der Waals surface area contributed by atoms with E-state index < -0.39 is 0 Å². The highest BCUT2D eigenvalue weighted by Gasteiger charge is 2.39. The van der Waals surface area contributed by atoms with Crippen molar-refractivity contribution in [2.45, 2.75) is 31.6 Å². The van der Waals surface area contributed by atoms with Crippen LogP contribution >= 0.6 is 15.9 Å². The average molecular weight is 412 g/mol. The van der Waals surface area contributed by atoms with E-state index in [2.05, 4.69) is 15.9 Å². The van der Waals surface area contributed by atoms with Crippen LogP contribution in [-0.2, 0) is 9.59 Å². The molecule has 2 aliphatic rings. The van der Waals surface area contributed by atoms with Gasteiger partial charge in [0.05, 0.1) is 0 Å². The van der Waals surface area contributed by atoms with Gasteiger partial charge in [-0.15, -0.1) is 0 Å². The van der Waals surface area contributed by atoms with Crippen LogP contribution in [0.15, 0.2) is 64.3 Å². The van der Waals surface area contributed by atoms with E-state index in [0.29, 0.717) is 6.42 Å². The van der Waals surface area contributed by atoms with Crippen LogP contribution in [0, 0.1) is 0 Å². The largest absolute Gasteiger partial charge is 0.508 e. The topological polar surface area (TPSA) is 57.6 Å². The molecule has 0 spiro atoms. The second-order valence-electron chi connectivity index (χ2n) is 6.69. The monoisotopic (exact) mass is 411 g/mol. The molecule has 0 bridgehead atoms. The van der Waals surface area contributed by atoms with Crippen LogP contribution in [0.5, 0.6) is 5.75 Å². The Morgan fingerprint density at radius 3 is 2.35 bits per heavy atom. The molecule has 1 aliphatic heterocycles. The van der Waals surface area contributed by atoms with Crippen LogP contribution in [-0.4, -0.2) is 16.8 Å². The number of rotatable bonds is 2. The number of aromatic hydroxyl groups is 1. The minimum Gasteiger partial charge on any atom is -0.508 e. The summed E-state index contributed by atoms with van der Waals surface area (Å²) in [5.41, 5.74) is 3.28. The van der Waals surface area contributed by atoms with E-state index in [1.165, 1.54) is 0 Å². The van der Waals surface area contributed by atoms with Gasteiger partial charge < -0.3 is 5.11 Å². The van der Waals surface area contributed by atoms with Crippen molar-refractivity contribution in [1.82, 2.24) is 0 Å². The van der Waals surface area contributed by atoms with Crippen molar-refractivity contribution in [1.29, 1.82) is 0 Å². The maximum absolute atomic E-state index is 13.0. The van der Waals surface area contributed by atoms with Crippen molar-refractivity contribution in [3.05, 3.63) is 69.8 Å². The number of hydrogen-bond acceptors (Lipinski definition) is 3. The standard InChI is InChI=1S/C21H18BrNO3/c22-14-6-8-15(9-7-14)23-18-2-1-3-19(25)21(18)17(12-20(23)26)13-4-10-16(24)11-5-13/h4-11,17,24H,1-3,12H2. The highest BCUT2D eigenvalue weighted by atomic mass is 79.9. The fourth-order valence-electron chi connectivity index (χ4n) is 3.87. The predicted molar refractivity (Wildman–Crippen MR) is 103 cm³/mol. The highest BCUT2D eigenvalue weighted by molar-refractivity contribution is 9.10. The number of amides is 1. The summed E-state index contributed by atoms with van der Waals surface area (Å²) >= 11 is 3.42. The minimum atomic E-state index is -0.238. The average Bonchev–Trinajstić information content (AvgIpc) is 2.63. The van der Waals surface area contributed by atoms with Gasteiger partial charge in [-0.2, -0.15) is 0 Å². The van der Waals surface area contributed by atoms with Gasteiger partial charge in [0.25, 0.3) is 0 Å². The molecule has 1 aliphatic carbocycles. The Labute approximate surface area is 160 Å². The van der Waals surface area contributed by atoms with Gasteiger partial charge in [-0.3, -0.25) is 14.5 Å². The van der Waals surface area contributed by atoms with Crippen LogP contribution in [0.3, 0.4) is 0 Å². The lowest BCUT2D eigenvalue weighted by Crippen LogP contribution is -2.40. The Bertz CT molecular complexity index is 900. The first-order chi connectivity index (χ1) is 12.5. The van der Waals surface area contributed by atoms with Crippen molar-refractivity contribution >= 4 is 33.3 Å². The first kappa shape index (κ1) is 17.0. The molecule has 0 fully saturated rings. The fraction of sp³-hybridized carbons (Fsp3) is 0.238. The summed E-state index contributed by atoms with van der Waals surface area (Å²) in [6, 6.07) is 14.4. The molecule has 26 heavy (non-hydrogen) atoms. The van der Waals surface area contributed by atoms with Crippen molar-refractivity contribution < 1.29 is 14.7 Å². The molecular weight excluding hydrogens is 394 g/mol. The summed E-state index contributed by atoms with van der Waals surface area (Å²) in [5.74, 6) is 0.0620. The number of Topliss-reactive ketones (excluding diaryl/α,β-unsaturated/α-hetero) is 1. The molecule has 4 nitrogen and oxygen atoms in total. The van der Waals surface area contributed by atoms with Crippen molar-refractivity contribution in [3.63, 3.8) is 0 Å². The van der Waals surface area contributed by atoms with Gasteiger partial charge in [0.15, 0.2) is 5.78 Å². The zero-order valence-electron chi connectivity index (χ0n) is 14.1. The summed E-state index contributed by atoms with van der Waals surface area (Å²) in [7, 11) is 0. The first-order valence-electron chi connectivity index (χ1n) is 8.68. The molecule has 132 valence electrons. The van der Waals surface area contributed by atoms with Crippen molar-refractivity contribution in [2.24, 2.45) is 0 Å². The number of phenols is 1. The number of carbonyl (C=O) groups is 2. The van der Waals surface area contributed by atoms with E-state index in [1.807, 2.05) is 24.3 Å². The third-order valence-corrected chi connectivity index (χ3v) is 5.58. The Kier molecular flexibility index (Phi) is 4.41. The van der Waals surface area contributed by atoms with E-state index in [-0.39, 0.29) is 29.8 Å². The van der Waals surface area contributed by atoms with Crippen molar-refractivity contribution in [3.8, 4) is 5.75 Å². The molecule has 1 unspecified atom stereocenters. The van der Waals surface area contributed by atoms with E-state index >= 15 is 0 Å². The van der Waals surface area contributed by atoms with Gasteiger partial charge in [-0.25, -0.2) is 0 Å². The van der Waals surface area contributed by atoms with Gasteiger partial charge >= 0.3 is 0 Å². The normalized spacial score (nSPS) is 20.3. The van der Waals surface area contributed by atoms with Crippen LogP contribution in [0.4, 0.5) is 5.69 Å². The second kappa shape index (κ2) is 6.72. The number of halogens is 1. The molecule has 4 rings (SSSR count). The summed E-state index contributed by atoms with van der Waals surface area (Å²) < 4.78 is 0.946. The van der Waals surface area contributed by atoms with Gasteiger partial charge in [-0.1, -0.05) is 28.1 Å². The van der Waals surface area contributed by atoms with Crippen LogP contribution in [0.1, 0.15) is 37.2 Å². The summed E-state index contributed by atoms with van der Waals surface area (Å²) in [4.78, 5) is 27.5. The molecule has 2 aromatic rings. The minimum absolute atomic E-state index is 0.00107. The third-order valence-electron chi connectivity index (χ3n) is 5.06. The van der Waals surface area contributed by atoms with Gasteiger partial charge in [0.2, 0.25) is 5.91 Å². The van der Waals surface area contributed by atoms with E-state index in [0.717, 1.165) is 39.8 Å². The maximum atomic E-state index is 13.0. The number of phenolic OH excluding ortho intramolecular Hbond substituents is 1. The van der Waals surface area contributed by atoms with Crippen LogP contribution in [0.2, 0.25) is 0 Å². The maximum Gasteiger partial charge on any atom is 0.232 e. The Morgan fingerprint density at radius 1 is 0.962 bits per heavy atom. The van der Waals surface area contributed by atoms with E-state index in [1.54, 1.807) is 29.2 Å². The Morgan fingerprint density at radius 2 is 1.65 bits per heavy atom. The van der Waals surface area contributed by atoms with Crippen LogP contribution < -0.4 is 4.90 Å². The molecule has 5 heteroatoms. The molecule has 0 aromatic heterocycles. The lowest BCUT2D eigenvalue weighted by molar-refractivity contribution is -0.119. The molecule has 2 aromatic carbocycles. The number of nitrogens with zero attached hydrogens (tertiary/aromatic N) is 1. The zero-order valence-corrected chi connectivity index (χ0v) is 15.7. The molecule has 1 N–H and O–H groups in total. The number of anilines is 1. The zero-order chi connectivity index (χ0) is 18.3. The van der Waals surface area contributed by atoms with E-state index in [4.69, 9.17) is 0 Å². The molecule has 1 heterocycles. The molecule has 1 atom stereocenters. The number of carbonyl (C=O) groups excluding carboxylic acids is 2. The molecule has 0 saturated heterocycles. The molecule has 0 saturated carbocycles. The van der Waals surface area contributed by atoms with Gasteiger partial charge in [-0.05, 0) is 54.8 Å². The van der Waals surface area contributed by atoms with Gasteiger partial charge in [0.1, 0.15) is 5.75 Å². The number of allylic oxidation sites excluding steroid dienone is 2. The number of hydrogen-bond donors (Lipinski definition) is 1. The van der Waals surface area contributed by atoms with E-state index in [9.17, 15) is 14.7 Å².